The van der Waals surface area contributed by atoms with E-state index in [0.717, 1.165) is 5.57 Å². The third kappa shape index (κ3) is 1.75. The van der Waals surface area contributed by atoms with Gasteiger partial charge in [-0.25, -0.2) is 4.79 Å². The zero-order valence-corrected chi connectivity index (χ0v) is 16.5. The SMILES string of the molecule is CC1=C[C@H](O)[C@@H](O)[C@]2(C)[C@H]3[C@@H](O)[C@H](O)[C@@]4(C)OC[C@@]35[C@@H](C[C@@H]12)OC(=O)[C@H](O)[C@]54O. The molecule has 0 amide bonds. The maximum absolute atomic E-state index is 12.5. The summed E-state index contributed by atoms with van der Waals surface area (Å²) in [6.07, 6.45) is -6.71. The summed E-state index contributed by atoms with van der Waals surface area (Å²) in [7, 11) is 0. The molecule has 29 heavy (non-hydrogen) atoms. The van der Waals surface area contributed by atoms with Gasteiger partial charge in [0.1, 0.15) is 23.4 Å². The van der Waals surface area contributed by atoms with Crippen molar-refractivity contribution in [2.45, 2.75) is 75.0 Å². The van der Waals surface area contributed by atoms with Crippen molar-refractivity contribution < 1.29 is 44.9 Å². The predicted octanol–water partition coefficient (Wildman–Crippen LogP) is -2.16. The number of allylic oxidation sites excluding steroid dienone is 1. The summed E-state index contributed by atoms with van der Waals surface area (Å²) in [6.45, 7) is 4.69. The number of esters is 1. The van der Waals surface area contributed by atoms with Crippen molar-refractivity contribution in [2.75, 3.05) is 6.61 Å². The predicted molar refractivity (Wildman–Crippen MR) is 95.1 cm³/mol. The van der Waals surface area contributed by atoms with Gasteiger partial charge in [0.2, 0.25) is 0 Å². The summed E-state index contributed by atoms with van der Waals surface area (Å²) in [5, 5.41) is 66.5. The highest BCUT2D eigenvalue weighted by atomic mass is 16.6. The molecule has 0 aromatic carbocycles. The van der Waals surface area contributed by atoms with Gasteiger partial charge in [0, 0.05) is 11.3 Å². The third-order valence-corrected chi connectivity index (χ3v) is 9.13. The van der Waals surface area contributed by atoms with Crippen LogP contribution < -0.4 is 0 Å². The molecule has 0 aromatic heterocycles. The number of ether oxygens (including phenoxy) is 2. The molecule has 2 heterocycles. The van der Waals surface area contributed by atoms with Crippen molar-refractivity contribution in [3.63, 3.8) is 0 Å². The van der Waals surface area contributed by atoms with Gasteiger partial charge >= 0.3 is 5.97 Å². The molecule has 162 valence electrons. The van der Waals surface area contributed by atoms with Gasteiger partial charge in [-0.05, 0) is 26.2 Å². The second-order valence-corrected chi connectivity index (χ2v) is 9.94. The van der Waals surface area contributed by atoms with Crippen LogP contribution in [0.1, 0.15) is 27.2 Å². The highest BCUT2D eigenvalue weighted by Crippen LogP contribution is 2.73. The minimum atomic E-state index is -2.24. The molecule has 12 atom stereocenters. The molecule has 2 aliphatic heterocycles. The van der Waals surface area contributed by atoms with Gasteiger partial charge in [0.15, 0.2) is 6.10 Å². The summed E-state index contributed by atoms with van der Waals surface area (Å²) in [4.78, 5) is 12.5. The smallest absolute Gasteiger partial charge is 0.338 e. The van der Waals surface area contributed by atoms with E-state index in [9.17, 15) is 35.4 Å². The average molecular weight is 412 g/mol. The standard InChI is InChI=1S/C20H28O9/c1-7-4-9(21)13(23)17(2)8(7)5-10-19-6-28-18(3,14(24)11(22)12(17)19)20(19,27)15(25)16(26)29-10/h4,8-15,21-25,27H,5-6H2,1-3H3/t8-,9-,10+,11+,12+,13+,14-,15-,17-,18+,19+,20+/m0/s1. The Balaban J connectivity index is 1.82. The third-order valence-electron chi connectivity index (χ3n) is 9.13. The number of carbonyl (C=O) groups excluding carboxylic acids is 1. The van der Waals surface area contributed by atoms with E-state index in [2.05, 4.69) is 0 Å². The van der Waals surface area contributed by atoms with Crippen molar-refractivity contribution in [2.24, 2.45) is 22.7 Å². The first-order valence-electron chi connectivity index (χ1n) is 10.0. The number of aliphatic hydroxyl groups excluding tert-OH is 5. The molecule has 2 saturated carbocycles. The van der Waals surface area contributed by atoms with Crippen molar-refractivity contribution in [1.29, 1.82) is 0 Å². The van der Waals surface area contributed by atoms with E-state index in [-0.39, 0.29) is 18.9 Å². The highest BCUT2D eigenvalue weighted by Gasteiger charge is 2.88. The van der Waals surface area contributed by atoms with Crippen LogP contribution in [-0.4, -0.2) is 91.0 Å². The topological polar surface area (TPSA) is 157 Å². The number of hydrogen-bond donors (Lipinski definition) is 6. The largest absolute Gasteiger partial charge is 0.460 e. The number of carbonyl (C=O) groups is 1. The summed E-state index contributed by atoms with van der Waals surface area (Å²) in [5.41, 5.74) is -5.93. The molecule has 2 saturated heterocycles. The van der Waals surface area contributed by atoms with Crippen LogP contribution >= 0.6 is 0 Å². The second-order valence-electron chi connectivity index (χ2n) is 9.94. The lowest BCUT2D eigenvalue weighted by atomic mass is 9.36. The Labute approximate surface area is 167 Å². The maximum Gasteiger partial charge on any atom is 0.338 e. The summed E-state index contributed by atoms with van der Waals surface area (Å²) in [5.74, 6) is -2.42. The highest BCUT2D eigenvalue weighted by molar-refractivity contribution is 5.79. The minimum Gasteiger partial charge on any atom is -0.460 e. The van der Waals surface area contributed by atoms with Crippen LogP contribution in [-0.2, 0) is 14.3 Å². The van der Waals surface area contributed by atoms with E-state index in [1.165, 1.54) is 6.92 Å². The summed E-state index contributed by atoms with van der Waals surface area (Å²) >= 11 is 0. The molecule has 2 bridgehead atoms. The van der Waals surface area contributed by atoms with Crippen LogP contribution in [0.15, 0.2) is 11.6 Å². The molecular weight excluding hydrogens is 384 g/mol. The summed E-state index contributed by atoms with van der Waals surface area (Å²) in [6, 6.07) is 0. The molecule has 9 nitrogen and oxygen atoms in total. The Morgan fingerprint density at radius 1 is 1.10 bits per heavy atom. The van der Waals surface area contributed by atoms with Gasteiger partial charge in [-0.15, -0.1) is 0 Å². The van der Waals surface area contributed by atoms with E-state index < -0.39 is 70.5 Å². The molecule has 0 radical (unpaired) electrons. The van der Waals surface area contributed by atoms with Gasteiger partial charge in [0.05, 0.1) is 30.3 Å². The van der Waals surface area contributed by atoms with Crippen molar-refractivity contribution in [3.05, 3.63) is 11.6 Å². The maximum atomic E-state index is 12.5. The van der Waals surface area contributed by atoms with Gasteiger partial charge in [-0.2, -0.15) is 0 Å². The minimum absolute atomic E-state index is 0.179. The molecule has 0 unspecified atom stereocenters. The quantitative estimate of drug-likeness (QED) is 0.193. The molecule has 1 spiro atoms. The first-order chi connectivity index (χ1) is 13.4. The number of hydrogen-bond acceptors (Lipinski definition) is 9. The second kappa shape index (κ2) is 5.40. The normalized spacial score (nSPS) is 63.3. The fourth-order valence-corrected chi connectivity index (χ4v) is 7.72. The van der Waals surface area contributed by atoms with Crippen LogP contribution in [0.2, 0.25) is 0 Å². The lowest BCUT2D eigenvalue weighted by Gasteiger charge is -2.70. The van der Waals surface area contributed by atoms with Gasteiger partial charge < -0.3 is 40.1 Å². The zero-order valence-electron chi connectivity index (χ0n) is 16.5. The molecule has 9 heteroatoms. The van der Waals surface area contributed by atoms with Crippen LogP contribution in [0.5, 0.6) is 0 Å². The Morgan fingerprint density at radius 3 is 2.41 bits per heavy atom. The molecule has 5 aliphatic rings. The molecule has 3 aliphatic carbocycles. The molecular formula is C20H28O9. The van der Waals surface area contributed by atoms with Crippen molar-refractivity contribution in [1.82, 2.24) is 0 Å². The van der Waals surface area contributed by atoms with Crippen molar-refractivity contribution in [3.8, 4) is 0 Å². The van der Waals surface area contributed by atoms with E-state index in [1.54, 1.807) is 19.9 Å². The monoisotopic (exact) mass is 412 g/mol. The van der Waals surface area contributed by atoms with Crippen LogP contribution in [0, 0.1) is 22.7 Å². The lowest BCUT2D eigenvalue weighted by molar-refractivity contribution is -0.355. The summed E-state index contributed by atoms with van der Waals surface area (Å²) < 4.78 is 11.4. The molecule has 4 fully saturated rings. The number of rotatable bonds is 0. The number of fused-ring (bicyclic) bond motifs is 2. The fraction of sp³-hybridized carbons (Fsp3) is 0.850. The molecule has 5 rings (SSSR count). The van der Waals surface area contributed by atoms with Crippen LogP contribution in [0.3, 0.4) is 0 Å². The van der Waals surface area contributed by atoms with Crippen LogP contribution in [0.25, 0.3) is 0 Å². The Morgan fingerprint density at radius 2 is 1.76 bits per heavy atom. The van der Waals surface area contributed by atoms with Crippen LogP contribution in [0.4, 0.5) is 0 Å². The van der Waals surface area contributed by atoms with Gasteiger partial charge in [-0.3, -0.25) is 0 Å². The van der Waals surface area contributed by atoms with Crippen molar-refractivity contribution >= 4 is 5.97 Å². The van der Waals surface area contributed by atoms with E-state index in [4.69, 9.17) is 9.47 Å². The Hall–Kier alpha value is -1.07. The average Bonchev–Trinajstić information content (AvgIpc) is 2.85. The van der Waals surface area contributed by atoms with Gasteiger partial charge in [0.25, 0.3) is 0 Å². The number of aliphatic hydroxyl groups is 6. The molecule has 0 aromatic rings. The fourth-order valence-electron chi connectivity index (χ4n) is 7.72. The Kier molecular flexibility index (Phi) is 3.70. The first-order valence-corrected chi connectivity index (χ1v) is 10.0. The lowest BCUT2D eigenvalue weighted by Crippen LogP contribution is -2.86. The van der Waals surface area contributed by atoms with Gasteiger partial charge in [-0.1, -0.05) is 18.6 Å². The van der Waals surface area contributed by atoms with E-state index in [0.29, 0.717) is 0 Å². The molecule has 6 N–H and O–H groups in total. The first kappa shape index (κ1) is 19.9. The van der Waals surface area contributed by atoms with E-state index >= 15 is 0 Å². The Bertz CT molecular complexity index is 814. The zero-order chi connectivity index (χ0) is 21.3. The van der Waals surface area contributed by atoms with E-state index in [1.807, 2.05) is 0 Å².